The highest BCUT2D eigenvalue weighted by Gasteiger charge is 2.24. The summed E-state index contributed by atoms with van der Waals surface area (Å²) in [5, 5.41) is 10.6. The first kappa shape index (κ1) is 19.7. The first-order valence-electron chi connectivity index (χ1n) is 8.37. The normalized spacial score (nSPS) is 11.7. The van der Waals surface area contributed by atoms with E-state index in [9.17, 15) is 9.59 Å². The fourth-order valence-corrected chi connectivity index (χ4v) is 3.41. The summed E-state index contributed by atoms with van der Waals surface area (Å²) in [6.45, 7) is 6.39. The van der Waals surface area contributed by atoms with Gasteiger partial charge in [0.1, 0.15) is 0 Å². The summed E-state index contributed by atoms with van der Waals surface area (Å²) in [5.74, 6) is -0.828. The Morgan fingerprint density at radius 3 is 2.77 bits per heavy atom. The fraction of sp³-hybridized carbons (Fsp3) is 0.421. The van der Waals surface area contributed by atoms with E-state index in [4.69, 9.17) is 10.00 Å². The Morgan fingerprint density at radius 2 is 2.15 bits per heavy atom. The molecule has 7 heteroatoms. The van der Waals surface area contributed by atoms with E-state index in [1.165, 1.54) is 9.78 Å². The Morgan fingerprint density at radius 1 is 1.42 bits per heavy atom. The van der Waals surface area contributed by atoms with Gasteiger partial charge < -0.3 is 14.2 Å². The van der Waals surface area contributed by atoms with Gasteiger partial charge in [-0.1, -0.05) is 6.07 Å². The van der Waals surface area contributed by atoms with Crippen molar-refractivity contribution >= 4 is 23.2 Å². The van der Waals surface area contributed by atoms with Crippen molar-refractivity contribution in [2.75, 3.05) is 13.6 Å². The minimum absolute atomic E-state index is 0.243. The standard InChI is InChI=1S/C19H23N3O3S/c1-13-11-17(14(2)22(13)12-16-7-5-10-26-16)19(24)25-15(3)18(23)21(4)9-6-8-20/h5,7,10-11,15H,6,9,12H2,1-4H3/t15-/m1/s1. The van der Waals surface area contributed by atoms with Crippen LogP contribution in [0.2, 0.25) is 0 Å². The molecule has 0 saturated heterocycles. The number of thiophene rings is 1. The lowest BCUT2D eigenvalue weighted by molar-refractivity contribution is -0.138. The third kappa shape index (κ3) is 4.52. The van der Waals surface area contributed by atoms with Gasteiger partial charge in [0.25, 0.3) is 5.91 Å². The minimum atomic E-state index is -0.897. The number of nitriles is 1. The van der Waals surface area contributed by atoms with Crippen LogP contribution in [0, 0.1) is 25.2 Å². The van der Waals surface area contributed by atoms with Gasteiger partial charge in [-0.3, -0.25) is 4.79 Å². The van der Waals surface area contributed by atoms with Crippen molar-refractivity contribution in [2.45, 2.75) is 39.8 Å². The number of nitrogens with zero attached hydrogens (tertiary/aromatic N) is 3. The van der Waals surface area contributed by atoms with E-state index in [-0.39, 0.29) is 12.3 Å². The SMILES string of the molecule is Cc1cc(C(=O)O[C@H](C)C(=O)N(C)CCC#N)c(C)n1Cc1cccs1. The lowest BCUT2D eigenvalue weighted by Gasteiger charge is -2.20. The molecular formula is C19H23N3O3S. The number of hydrogen-bond acceptors (Lipinski definition) is 5. The van der Waals surface area contributed by atoms with Crippen molar-refractivity contribution in [3.63, 3.8) is 0 Å². The van der Waals surface area contributed by atoms with E-state index in [1.807, 2.05) is 31.4 Å². The molecule has 0 radical (unpaired) electrons. The molecular weight excluding hydrogens is 350 g/mol. The second-order valence-electron chi connectivity index (χ2n) is 6.17. The van der Waals surface area contributed by atoms with E-state index in [0.29, 0.717) is 18.7 Å². The number of esters is 1. The average molecular weight is 373 g/mol. The molecule has 2 aromatic heterocycles. The van der Waals surface area contributed by atoms with Crippen LogP contribution in [0.1, 0.15) is 40.0 Å². The summed E-state index contributed by atoms with van der Waals surface area (Å²) in [4.78, 5) is 27.4. The smallest absolute Gasteiger partial charge is 0.340 e. The Hall–Kier alpha value is -2.59. The van der Waals surface area contributed by atoms with Gasteiger partial charge in [0, 0.05) is 29.9 Å². The van der Waals surface area contributed by atoms with Crippen LogP contribution in [0.3, 0.4) is 0 Å². The molecule has 1 amide bonds. The molecule has 0 aliphatic rings. The maximum atomic E-state index is 12.5. The molecule has 0 fully saturated rings. The van der Waals surface area contributed by atoms with Crippen LogP contribution in [0.15, 0.2) is 23.6 Å². The Bertz CT molecular complexity index is 818. The van der Waals surface area contributed by atoms with E-state index < -0.39 is 12.1 Å². The molecule has 2 heterocycles. The molecule has 1 atom stereocenters. The van der Waals surface area contributed by atoms with Gasteiger partial charge in [0.2, 0.25) is 0 Å². The number of hydrogen-bond donors (Lipinski definition) is 0. The maximum absolute atomic E-state index is 12.5. The van der Waals surface area contributed by atoms with Crippen LogP contribution in [0.5, 0.6) is 0 Å². The number of rotatable bonds is 7. The Balaban J connectivity index is 2.08. The van der Waals surface area contributed by atoms with E-state index in [0.717, 1.165) is 11.4 Å². The molecule has 0 aliphatic heterocycles. The Kier molecular flexibility index (Phi) is 6.58. The predicted molar refractivity (Wildman–Crippen MR) is 100 cm³/mol. The lowest BCUT2D eigenvalue weighted by atomic mass is 10.2. The van der Waals surface area contributed by atoms with Crippen molar-refractivity contribution in [3.05, 3.63) is 45.4 Å². The third-order valence-corrected chi connectivity index (χ3v) is 5.12. The summed E-state index contributed by atoms with van der Waals surface area (Å²) >= 11 is 1.67. The molecule has 0 saturated carbocycles. The molecule has 138 valence electrons. The molecule has 2 aromatic rings. The monoisotopic (exact) mass is 373 g/mol. The summed E-state index contributed by atoms with van der Waals surface area (Å²) in [6.07, 6.45) is -0.654. The van der Waals surface area contributed by atoms with Crippen molar-refractivity contribution < 1.29 is 14.3 Å². The second kappa shape index (κ2) is 8.68. The van der Waals surface area contributed by atoms with Crippen LogP contribution in [0.4, 0.5) is 0 Å². The Labute approximate surface area is 157 Å². The number of ether oxygens (including phenoxy) is 1. The van der Waals surface area contributed by atoms with E-state index in [1.54, 1.807) is 31.4 Å². The summed E-state index contributed by atoms with van der Waals surface area (Å²) in [5.41, 5.74) is 2.25. The highest BCUT2D eigenvalue weighted by molar-refractivity contribution is 7.09. The van der Waals surface area contributed by atoms with Gasteiger partial charge in [-0.25, -0.2) is 4.79 Å². The maximum Gasteiger partial charge on any atom is 0.340 e. The quantitative estimate of drug-likeness (QED) is 0.699. The van der Waals surface area contributed by atoms with Crippen molar-refractivity contribution in [1.82, 2.24) is 9.47 Å². The van der Waals surface area contributed by atoms with Crippen LogP contribution in [-0.4, -0.2) is 41.0 Å². The molecule has 0 N–H and O–H groups in total. The van der Waals surface area contributed by atoms with E-state index in [2.05, 4.69) is 10.6 Å². The number of carbonyl (C=O) groups is 2. The molecule has 6 nitrogen and oxygen atoms in total. The van der Waals surface area contributed by atoms with Crippen LogP contribution in [0.25, 0.3) is 0 Å². The molecule has 0 aromatic carbocycles. The number of carbonyl (C=O) groups excluding carboxylic acids is 2. The van der Waals surface area contributed by atoms with Crippen molar-refractivity contribution in [3.8, 4) is 6.07 Å². The zero-order valence-electron chi connectivity index (χ0n) is 15.5. The minimum Gasteiger partial charge on any atom is -0.449 e. The second-order valence-corrected chi connectivity index (χ2v) is 7.20. The van der Waals surface area contributed by atoms with Crippen LogP contribution in [-0.2, 0) is 16.1 Å². The predicted octanol–water partition coefficient (Wildman–Crippen LogP) is 3.13. The molecule has 2 rings (SSSR count). The molecule has 26 heavy (non-hydrogen) atoms. The number of aromatic nitrogens is 1. The number of amides is 1. The fourth-order valence-electron chi connectivity index (χ4n) is 2.72. The van der Waals surface area contributed by atoms with Crippen molar-refractivity contribution in [1.29, 1.82) is 5.26 Å². The average Bonchev–Trinajstić information content (AvgIpc) is 3.22. The summed E-state index contributed by atoms with van der Waals surface area (Å²) in [6, 6.07) is 7.84. The summed E-state index contributed by atoms with van der Waals surface area (Å²) < 4.78 is 7.42. The molecule has 0 aliphatic carbocycles. The third-order valence-electron chi connectivity index (χ3n) is 4.25. The highest BCUT2D eigenvalue weighted by atomic mass is 32.1. The van der Waals surface area contributed by atoms with Gasteiger partial charge in [0.05, 0.1) is 24.6 Å². The van der Waals surface area contributed by atoms with Crippen molar-refractivity contribution in [2.24, 2.45) is 0 Å². The molecule has 0 spiro atoms. The molecule has 0 bridgehead atoms. The topological polar surface area (TPSA) is 75.3 Å². The number of aryl methyl sites for hydroxylation is 1. The van der Waals surface area contributed by atoms with Crippen LogP contribution < -0.4 is 0 Å². The van der Waals surface area contributed by atoms with Crippen LogP contribution >= 0.6 is 11.3 Å². The zero-order valence-corrected chi connectivity index (χ0v) is 16.3. The first-order chi connectivity index (χ1) is 12.3. The highest BCUT2D eigenvalue weighted by Crippen LogP contribution is 2.20. The van der Waals surface area contributed by atoms with Gasteiger partial charge in [-0.2, -0.15) is 5.26 Å². The van der Waals surface area contributed by atoms with Gasteiger partial charge in [-0.05, 0) is 38.3 Å². The first-order valence-corrected chi connectivity index (χ1v) is 9.25. The van der Waals surface area contributed by atoms with Gasteiger partial charge >= 0.3 is 5.97 Å². The lowest BCUT2D eigenvalue weighted by Crippen LogP contribution is -2.38. The summed E-state index contributed by atoms with van der Waals surface area (Å²) in [7, 11) is 1.59. The number of likely N-dealkylation sites (N-methyl/N-ethyl adjacent to an activating group) is 1. The zero-order chi connectivity index (χ0) is 19.3. The largest absolute Gasteiger partial charge is 0.449 e. The molecule has 0 unspecified atom stereocenters. The van der Waals surface area contributed by atoms with Gasteiger partial charge in [0.15, 0.2) is 6.10 Å². The van der Waals surface area contributed by atoms with Gasteiger partial charge in [-0.15, -0.1) is 11.3 Å². The van der Waals surface area contributed by atoms with E-state index >= 15 is 0 Å².